The van der Waals surface area contributed by atoms with Gasteiger partial charge in [0.05, 0.1) is 4.92 Å². The highest BCUT2D eigenvalue weighted by atomic mass is 19.4. The molecular formula is C21H20F3N5O2. The first kappa shape index (κ1) is 22.0. The molecule has 0 saturated carbocycles. The smallest absolute Gasteiger partial charge is 0.340 e. The summed E-state index contributed by atoms with van der Waals surface area (Å²) in [6.07, 6.45) is -3.07. The molecule has 2 N–H and O–H groups in total. The average Bonchev–Trinajstić information content (AvgIpc) is 2.69. The number of aromatic nitrogens is 2. The fourth-order valence-electron chi connectivity index (χ4n) is 2.87. The van der Waals surface area contributed by atoms with Crippen LogP contribution in [-0.2, 0) is 12.6 Å². The number of nitrogens with zero attached hydrogens (tertiary/aromatic N) is 3. The molecule has 7 nitrogen and oxygen atoms in total. The molecule has 0 bridgehead atoms. The summed E-state index contributed by atoms with van der Waals surface area (Å²) in [5.41, 5.74) is 0.776. The minimum Gasteiger partial charge on any atom is -0.340 e. The molecule has 0 saturated heterocycles. The Labute approximate surface area is 176 Å². The van der Waals surface area contributed by atoms with Crippen LogP contribution < -0.4 is 10.6 Å². The zero-order valence-corrected chi connectivity index (χ0v) is 16.8. The average molecular weight is 431 g/mol. The van der Waals surface area contributed by atoms with E-state index in [4.69, 9.17) is 0 Å². The number of nitrogens with one attached hydrogen (secondary N) is 2. The number of nitro benzene ring substituents is 1. The van der Waals surface area contributed by atoms with E-state index in [2.05, 4.69) is 34.4 Å². The van der Waals surface area contributed by atoms with E-state index in [0.29, 0.717) is 17.8 Å². The first-order chi connectivity index (χ1) is 14.6. The van der Waals surface area contributed by atoms with Gasteiger partial charge in [-0.2, -0.15) is 18.2 Å². The quantitative estimate of drug-likeness (QED) is 0.347. The first-order valence-corrected chi connectivity index (χ1v) is 9.43. The Bertz CT molecular complexity index is 1050. The molecule has 0 fully saturated rings. The van der Waals surface area contributed by atoms with Crippen molar-refractivity contribution in [2.45, 2.75) is 26.4 Å². The Morgan fingerprint density at radius 3 is 2.13 bits per heavy atom. The molecule has 0 radical (unpaired) electrons. The van der Waals surface area contributed by atoms with Crippen molar-refractivity contribution in [3.05, 3.63) is 76.0 Å². The fraction of sp³-hybridized carbons (Fsp3) is 0.238. The van der Waals surface area contributed by atoms with Crippen LogP contribution in [0.2, 0.25) is 0 Å². The highest BCUT2D eigenvalue weighted by molar-refractivity contribution is 5.63. The van der Waals surface area contributed by atoms with E-state index in [9.17, 15) is 23.3 Å². The summed E-state index contributed by atoms with van der Waals surface area (Å²) >= 11 is 0. The van der Waals surface area contributed by atoms with Crippen molar-refractivity contribution in [1.29, 1.82) is 0 Å². The van der Waals surface area contributed by atoms with Gasteiger partial charge in [-0.25, -0.2) is 4.98 Å². The lowest BCUT2D eigenvalue weighted by molar-refractivity contribution is -0.384. The van der Waals surface area contributed by atoms with Crippen LogP contribution in [0, 0.1) is 16.0 Å². The summed E-state index contributed by atoms with van der Waals surface area (Å²) < 4.78 is 40.2. The lowest BCUT2D eigenvalue weighted by Crippen LogP contribution is -2.12. The zero-order valence-electron chi connectivity index (χ0n) is 16.8. The van der Waals surface area contributed by atoms with E-state index in [1.54, 1.807) is 0 Å². The molecule has 0 aliphatic heterocycles. The van der Waals surface area contributed by atoms with Gasteiger partial charge >= 0.3 is 6.18 Å². The van der Waals surface area contributed by atoms with Gasteiger partial charge in [0.2, 0.25) is 5.95 Å². The van der Waals surface area contributed by atoms with Gasteiger partial charge in [0.1, 0.15) is 11.4 Å². The maximum Gasteiger partial charge on any atom is 0.421 e. The molecule has 162 valence electrons. The lowest BCUT2D eigenvalue weighted by atomic mass is 10.0. The Morgan fingerprint density at radius 2 is 1.58 bits per heavy atom. The van der Waals surface area contributed by atoms with Crippen LogP contribution in [0.3, 0.4) is 0 Å². The van der Waals surface area contributed by atoms with Crippen molar-refractivity contribution in [3.8, 4) is 0 Å². The Hall–Kier alpha value is -3.69. The normalized spacial score (nSPS) is 11.4. The number of hydrogen-bond donors (Lipinski definition) is 2. The fourth-order valence-corrected chi connectivity index (χ4v) is 2.87. The number of halogens is 3. The van der Waals surface area contributed by atoms with E-state index in [1.807, 2.05) is 24.3 Å². The van der Waals surface area contributed by atoms with Crippen LogP contribution >= 0.6 is 0 Å². The maximum absolute atomic E-state index is 13.4. The van der Waals surface area contributed by atoms with E-state index < -0.39 is 22.5 Å². The number of benzene rings is 2. The predicted molar refractivity (Wildman–Crippen MR) is 112 cm³/mol. The largest absolute Gasteiger partial charge is 0.421 e. The highest BCUT2D eigenvalue weighted by Gasteiger charge is 2.35. The number of non-ortho nitro benzene ring substituents is 1. The minimum absolute atomic E-state index is 0.0194. The van der Waals surface area contributed by atoms with E-state index in [-0.39, 0.29) is 17.3 Å². The second kappa shape index (κ2) is 8.99. The van der Waals surface area contributed by atoms with Gasteiger partial charge in [-0.1, -0.05) is 26.0 Å². The minimum atomic E-state index is -4.68. The van der Waals surface area contributed by atoms with Crippen LogP contribution in [0.15, 0.2) is 54.7 Å². The molecule has 0 atom stereocenters. The molecule has 1 aromatic heterocycles. The number of nitro groups is 1. The van der Waals surface area contributed by atoms with Crippen molar-refractivity contribution in [1.82, 2.24) is 9.97 Å². The number of rotatable bonds is 7. The topological polar surface area (TPSA) is 93.0 Å². The lowest BCUT2D eigenvalue weighted by Gasteiger charge is -2.15. The first-order valence-electron chi connectivity index (χ1n) is 9.43. The molecule has 0 unspecified atom stereocenters. The predicted octanol–water partition coefficient (Wildman–Crippen LogP) is 6.09. The molecule has 1 heterocycles. The van der Waals surface area contributed by atoms with Crippen LogP contribution in [-0.4, -0.2) is 14.9 Å². The number of hydrogen-bond acceptors (Lipinski definition) is 6. The third kappa shape index (κ3) is 5.91. The molecule has 3 aromatic rings. The molecule has 0 aliphatic carbocycles. The van der Waals surface area contributed by atoms with Gasteiger partial charge in [-0.15, -0.1) is 0 Å². The van der Waals surface area contributed by atoms with E-state index in [1.165, 1.54) is 24.3 Å². The van der Waals surface area contributed by atoms with Gasteiger partial charge in [-0.05, 0) is 42.2 Å². The van der Waals surface area contributed by atoms with Gasteiger partial charge in [-0.3, -0.25) is 10.1 Å². The van der Waals surface area contributed by atoms with Crippen molar-refractivity contribution in [2.24, 2.45) is 5.92 Å². The molecule has 31 heavy (non-hydrogen) atoms. The molecule has 0 amide bonds. The molecule has 3 rings (SSSR count). The van der Waals surface area contributed by atoms with Crippen molar-refractivity contribution in [2.75, 3.05) is 10.6 Å². The van der Waals surface area contributed by atoms with Crippen molar-refractivity contribution >= 4 is 28.8 Å². The summed E-state index contributed by atoms with van der Waals surface area (Å²) in [5.74, 6) is 0.0226. The molecule has 10 heteroatoms. The zero-order chi connectivity index (χ0) is 22.6. The summed E-state index contributed by atoms with van der Waals surface area (Å²) in [5, 5.41) is 16.2. The monoisotopic (exact) mass is 431 g/mol. The summed E-state index contributed by atoms with van der Waals surface area (Å²) in [4.78, 5) is 17.9. The van der Waals surface area contributed by atoms with Gasteiger partial charge in [0.25, 0.3) is 5.69 Å². The third-order valence-corrected chi connectivity index (χ3v) is 4.29. The standard InChI is InChI=1S/C21H20F3N5O2/c1-13(2)11-14-3-5-16(6-4-14)27-20-25-12-18(21(22,23)24)19(28-20)26-15-7-9-17(10-8-15)29(30)31/h3-10,12-13H,11H2,1-2H3,(H2,25,26,27,28). The van der Waals surface area contributed by atoms with E-state index >= 15 is 0 Å². The van der Waals surface area contributed by atoms with Crippen LogP contribution in [0.25, 0.3) is 0 Å². The van der Waals surface area contributed by atoms with Gasteiger partial charge in [0.15, 0.2) is 0 Å². The number of anilines is 4. The summed E-state index contributed by atoms with van der Waals surface area (Å²) in [7, 11) is 0. The Balaban J connectivity index is 1.85. The van der Waals surface area contributed by atoms with Crippen LogP contribution in [0.4, 0.5) is 42.0 Å². The molecule has 0 aliphatic rings. The highest BCUT2D eigenvalue weighted by Crippen LogP contribution is 2.35. The Morgan fingerprint density at radius 1 is 1.00 bits per heavy atom. The summed E-state index contributed by atoms with van der Waals surface area (Å²) in [6, 6.07) is 12.5. The summed E-state index contributed by atoms with van der Waals surface area (Å²) in [6.45, 7) is 4.23. The second-order valence-electron chi connectivity index (χ2n) is 7.30. The van der Waals surface area contributed by atoms with Gasteiger partial charge < -0.3 is 10.6 Å². The third-order valence-electron chi connectivity index (χ3n) is 4.29. The number of alkyl halides is 3. The van der Waals surface area contributed by atoms with Gasteiger partial charge in [0, 0.05) is 29.7 Å². The maximum atomic E-state index is 13.4. The van der Waals surface area contributed by atoms with Crippen LogP contribution in [0.1, 0.15) is 25.0 Å². The Kier molecular flexibility index (Phi) is 6.38. The van der Waals surface area contributed by atoms with Crippen LogP contribution in [0.5, 0.6) is 0 Å². The second-order valence-corrected chi connectivity index (χ2v) is 7.30. The van der Waals surface area contributed by atoms with Crippen molar-refractivity contribution < 1.29 is 18.1 Å². The molecule has 2 aromatic carbocycles. The molecule has 0 spiro atoms. The van der Waals surface area contributed by atoms with E-state index in [0.717, 1.165) is 12.0 Å². The van der Waals surface area contributed by atoms with Crippen molar-refractivity contribution in [3.63, 3.8) is 0 Å². The molecular weight excluding hydrogens is 411 g/mol. The SMILES string of the molecule is CC(C)Cc1ccc(Nc2ncc(C(F)(F)F)c(Nc3ccc([N+](=O)[O-])cc3)n2)cc1.